The number of hydrogen-bond donors (Lipinski definition) is 0. The molecule has 1 amide bonds. The van der Waals surface area contributed by atoms with Gasteiger partial charge in [-0.05, 0) is 17.7 Å². The van der Waals surface area contributed by atoms with E-state index in [1.165, 1.54) is 4.90 Å². The Hall–Kier alpha value is -2.06. The SMILES string of the molecule is COc1ccc(COCC(=O)N(C)CCC#N)cc1. The van der Waals surface area contributed by atoms with Crippen molar-refractivity contribution in [3.63, 3.8) is 0 Å². The van der Waals surface area contributed by atoms with E-state index in [1.807, 2.05) is 30.3 Å². The van der Waals surface area contributed by atoms with Crippen molar-refractivity contribution in [2.75, 3.05) is 27.3 Å². The average molecular weight is 262 g/mol. The van der Waals surface area contributed by atoms with Crippen molar-refractivity contribution in [3.05, 3.63) is 29.8 Å². The number of nitriles is 1. The number of carbonyl (C=O) groups is 1. The molecule has 0 unspecified atom stereocenters. The normalized spacial score (nSPS) is 9.74. The molecule has 0 aliphatic heterocycles. The van der Waals surface area contributed by atoms with E-state index in [9.17, 15) is 4.79 Å². The third-order valence-electron chi connectivity index (χ3n) is 2.64. The fourth-order valence-corrected chi connectivity index (χ4v) is 1.43. The Morgan fingerprint density at radius 2 is 2.05 bits per heavy atom. The highest BCUT2D eigenvalue weighted by atomic mass is 16.5. The van der Waals surface area contributed by atoms with Crippen LogP contribution in [-0.2, 0) is 16.1 Å². The van der Waals surface area contributed by atoms with E-state index < -0.39 is 0 Å². The lowest BCUT2D eigenvalue weighted by molar-refractivity contribution is -0.135. The third-order valence-corrected chi connectivity index (χ3v) is 2.64. The van der Waals surface area contributed by atoms with E-state index in [1.54, 1.807) is 14.2 Å². The van der Waals surface area contributed by atoms with Crippen molar-refractivity contribution in [1.82, 2.24) is 4.90 Å². The Balaban J connectivity index is 2.29. The molecule has 0 aromatic heterocycles. The summed E-state index contributed by atoms with van der Waals surface area (Å²) in [6.07, 6.45) is 0.334. The first-order valence-corrected chi connectivity index (χ1v) is 5.99. The van der Waals surface area contributed by atoms with Crippen LogP contribution in [0, 0.1) is 11.3 Å². The molecule has 0 aliphatic carbocycles. The van der Waals surface area contributed by atoms with E-state index in [0.29, 0.717) is 19.6 Å². The topological polar surface area (TPSA) is 62.6 Å². The van der Waals surface area contributed by atoms with Crippen LogP contribution in [0.25, 0.3) is 0 Å². The van der Waals surface area contributed by atoms with Crippen molar-refractivity contribution < 1.29 is 14.3 Å². The van der Waals surface area contributed by atoms with E-state index in [2.05, 4.69) is 0 Å². The van der Waals surface area contributed by atoms with Gasteiger partial charge in [-0.1, -0.05) is 12.1 Å². The minimum atomic E-state index is -0.122. The first kappa shape index (κ1) is 15.0. The van der Waals surface area contributed by atoms with Gasteiger partial charge in [-0.3, -0.25) is 4.79 Å². The van der Waals surface area contributed by atoms with Crippen molar-refractivity contribution >= 4 is 5.91 Å². The molecule has 0 aliphatic rings. The third kappa shape index (κ3) is 5.40. The molecule has 1 aromatic rings. The molecule has 0 atom stereocenters. The number of ether oxygens (including phenoxy) is 2. The molecular formula is C14H18N2O3. The van der Waals surface area contributed by atoms with Crippen LogP contribution < -0.4 is 4.74 Å². The molecule has 0 saturated carbocycles. The standard InChI is InChI=1S/C14H18N2O3/c1-16(9-3-8-15)14(17)11-19-10-12-4-6-13(18-2)7-5-12/h4-7H,3,9-11H2,1-2H3. The fraction of sp³-hybridized carbons (Fsp3) is 0.429. The zero-order chi connectivity index (χ0) is 14.1. The van der Waals surface area contributed by atoms with Crippen LogP contribution >= 0.6 is 0 Å². The number of amides is 1. The van der Waals surface area contributed by atoms with Gasteiger partial charge in [0, 0.05) is 13.6 Å². The quantitative estimate of drug-likeness (QED) is 0.748. The fourth-order valence-electron chi connectivity index (χ4n) is 1.43. The van der Waals surface area contributed by atoms with Crippen LogP contribution in [0.4, 0.5) is 0 Å². The minimum Gasteiger partial charge on any atom is -0.497 e. The van der Waals surface area contributed by atoms with Gasteiger partial charge >= 0.3 is 0 Å². The van der Waals surface area contributed by atoms with Crippen LogP contribution in [0.1, 0.15) is 12.0 Å². The van der Waals surface area contributed by atoms with E-state index in [-0.39, 0.29) is 12.5 Å². The molecule has 5 heteroatoms. The molecule has 0 spiro atoms. The summed E-state index contributed by atoms with van der Waals surface area (Å²) in [5.74, 6) is 0.667. The molecular weight excluding hydrogens is 244 g/mol. The molecule has 0 fully saturated rings. The second-order valence-electron chi connectivity index (χ2n) is 4.06. The van der Waals surface area contributed by atoms with Gasteiger partial charge in [0.15, 0.2) is 0 Å². The van der Waals surface area contributed by atoms with E-state index in [4.69, 9.17) is 14.7 Å². The Kier molecular flexibility index (Phi) is 6.41. The van der Waals surface area contributed by atoms with Crippen LogP contribution in [0.2, 0.25) is 0 Å². The maximum absolute atomic E-state index is 11.6. The molecule has 0 N–H and O–H groups in total. The Bertz CT molecular complexity index is 437. The van der Waals surface area contributed by atoms with Gasteiger partial charge in [-0.15, -0.1) is 0 Å². The molecule has 1 rings (SSSR count). The van der Waals surface area contributed by atoms with Crippen LogP contribution in [0.5, 0.6) is 5.75 Å². The number of benzene rings is 1. The van der Waals surface area contributed by atoms with E-state index >= 15 is 0 Å². The van der Waals surface area contributed by atoms with Crippen molar-refractivity contribution in [2.45, 2.75) is 13.0 Å². The number of carbonyl (C=O) groups excluding carboxylic acids is 1. The lowest BCUT2D eigenvalue weighted by Crippen LogP contribution is -2.31. The smallest absolute Gasteiger partial charge is 0.248 e. The zero-order valence-electron chi connectivity index (χ0n) is 11.3. The summed E-state index contributed by atoms with van der Waals surface area (Å²) in [4.78, 5) is 13.1. The molecule has 0 radical (unpaired) electrons. The number of rotatable bonds is 7. The minimum absolute atomic E-state index is 0.0218. The van der Waals surface area contributed by atoms with Crippen molar-refractivity contribution in [3.8, 4) is 11.8 Å². The van der Waals surface area contributed by atoms with E-state index in [0.717, 1.165) is 11.3 Å². The number of hydrogen-bond acceptors (Lipinski definition) is 4. The maximum atomic E-state index is 11.6. The van der Waals surface area contributed by atoms with Gasteiger partial charge in [-0.2, -0.15) is 5.26 Å². The summed E-state index contributed by atoms with van der Waals surface area (Å²) >= 11 is 0. The van der Waals surface area contributed by atoms with Crippen molar-refractivity contribution in [2.24, 2.45) is 0 Å². The van der Waals surface area contributed by atoms with Crippen LogP contribution in [0.3, 0.4) is 0 Å². The molecule has 102 valence electrons. The number of likely N-dealkylation sites (N-methyl/N-ethyl adjacent to an activating group) is 1. The number of methoxy groups -OCH3 is 1. The molecule has 1 aromatic carbocycles. The second kappa shape index (κ2) is 8.11. The van der Waals surface area contributed by atoms with Gasteiger partial charge in [0.1, 0.15) is 12.4 Å². The van der Waals surface area contributed by atoms with Gasteiger partial charge in [0.05, 0.1) is 26.2 Å². The zero-order valence-corrected chi connectivity index (χ0v) is 11.3. The van der Waals surface area contributed by atoms with Gasteiger partial charge < -0.3 is 14.4 Å². The summed E-state index contributed by atoms with van der Waals surface area (Å²) in [6.45, 7) is 0.830. The highest BCUT2D eigenvalue weighted by Gasteiger charge is 2.08. The van der Waals surface area contributed by atoms with Crippen LogP contribution in [-0.4, -0.2) is 38.1 Å². The van der Waals surface area contributed by atoms with Crippen molar-refractivity contribution in [1.29, 1.82) is 5.26 Å². The molecule has 0 saturated heterocycles. The molecule has 19 heavy (non-hydrogen) atoms. The summed E-state index contributed by atoms with van der Waals surface area (Å²) in [5.41, 5.74) is 0.980. The summed E-state index contributed by atoms with van der Waals surface area (Å²) in [7, 11) is 3.28. The lowest BCUT2D eigenvalue weighted by atomic mass is 10.2. The monoisotopic (exact) mass is 262 g/mol. The Labute approximate surface area is 113 Å². The van der Waals surface area contributed by atoms with Crippen LogP contribution in [0.15, 0.2) is 24.3 Å². The second-order valence-corrected chi connectivity index (χ2v) is 4.06. The summed E-state index contributed by atoms with van der Waals surface area (Å²) in [6, 6.07) is 9.48. The first-order chi connectivity index (χ1) is 9.17. The van der Waals surface area contributed by atoms with Gasteiger partial charge in [0.25, 0.3) is 0 Å². The largest absolute Gasteiger partial charge is 0.497 e. The average Bonchev–Trinajstić information content (AvgIpc) is 2.45. The predicted octanol–water partition coefficient (Wildman–Crippen LogP) is 1.58. The summed E-state index contributed by atoms with van der Waals surface area (Å²) < 4.78 is 10.4. The molecule has 5 nitrogen and oxygen atoms in total. The Morgan fingerprint density at radius 3 is 2.63 bits per heavy atom. The first-order valence-electron chi connectivity index (χ1n) is 5.99. The number of nitrogens with zero attached hydrogens (tertiary/aromatic N) is 2. The Morgan fingerprint density at radius 1 is 1.37 bits per heavy atom. The molecule has 0 heterocycles. The predicted molar refractivity (Wildman–Crippen MR) is 70.5 cm³/mol. The molecule has 0 bridgehead atoms. The highest BCUT2D eigenvalue weighted by Crippen LogP contribution is 2.11. The summed E-state index contributed by atoms with van der Waals surface area (Å²) in [5, 5.41) is 8.43. The highest BCUT2D eigenvalue weighted by molar-refractivity contribution is 5.77. The maximum Gasteiger partial charge on any atom is 0.248 e. The van der Waals surface area contributed by atoms with Gasteiger partial charge in [-0.25, -0.2) is 0 Å². The van der Waals surface area contributed by atoms with Gasteiger partial charge in [0.2, 0.25) is 5.91 Å². The lowest BCUT2D eigenvalue weighted by Gasteiger charge is -2.15.